The first-order valence-corrected chi connectivity index (χ1v) is 12.8. The maximum Gasteiger partial charge on any atom is 0.194 e. The van der Waals surface area contributed by atoms with Gasteiger partial charge >= 0.3 is 0 Å². The molecule has 196 valence electrons. The lowest BCUT2D eigenvalue weighted by Gasteiger charge is -2.16. The first-order chi connectivity index (χ1) is 18.4. The van der Waals surface area contributed by atoms with E-state index < -0.39 is 28.8 Å². The van der Waals surface area contributed by atoms with E-state index in [-0.39, 0.29) is 16.9 Å². The Labute approximate surface area is 219 Å². The molecule has 4 nitrogen and oxygen atoms in total. The molecule has 1 unspecified atom stereocenters. The second kappa shape index (κ2) is 11.3. The minimum absolute atomic E-state index is 0.000540. The standard InChI is InChI=1S/C31H28F3NO3/c32-21-17-27(33)30(28(34)18-21)26-11-7-20-16-23(36)8-12-25(20)29(26)31(37)19-5-9-24(10-6-19)38-15-13-22-4-2-1-3-14-35-22/h5-12,16-18,22,35-36H,1-4,13-15H2. The van der Waals surface area contributed by atoms with Gasteiger partial charge in [-0.3, -0.25) is 4.79 Å². The van der Waals surface area contributed by atoms with E-state index in [1.807, 2.05) is 0 Å². The lowest BCUT2D eigenvalue weighted by atomic mass is 9.89. The zero-order chi connectivity index (χ0) is 26.6. The molecule has 0 saturated carbocycles. The van der Waals surface area contributed by atoms with Crippen molar-refractivity contribution in [2.24, 2.45) is 0 Å². The van der Waals surface area contributed by atoms with E-state index in [4.69, 9.17) is 4.74 Å². The number of phenolic OH excluding ortho intramolecular Hbond substituents is 1. The Hall–Kier alpha value is -3.84. The highest BCUT2D eigenvalue weighted by atomic mass is 19.1. The molecule has 1 saturated heterocycles. The molecule has 1 atom stereocenters. The number of hydrogen-bond acceptors (Lipinski definition) is 4. The van der Waals surface area contributed by atoms with Crippen LogP contribution in [0.15, 0.2) is 66.7 Å². The Bertz CT molecular complexity index is 1440. The Morgan fingerprint density at radius 1 is 0.921 bits per heavy atom. The molecule has 7 heteroatoms. The van der Waals surface area contributed by atoms with Crippen LogP contribution in [0.4, 0.5) is 13.2 Å². The third-order valence-corrected chi connectivity index (χ3v) is 7.02. The summed E-state index contributed by atoms with van der Waals surface area (Å²) in [7, 11) is 0. The summed E-state index contributed by atoms with van der Waals surface area (Å²) in [5.41, 5.74) is -0.135. The fourth-order valence-electron chi connectivity index (χ4n) is 5.08. The van der Waals surface area contributed by atoms with Crippen LogP contribution in [0, 0.1) is 17.5 Å². The number of hydrogen-bond donors (Lipinski definition) is 2. The summed E-state index contributed by atoms with van der Waals surface area (Å²) in [6.45, 7) is 1.58. The summed E-state index contributed by atoms with van der Waals surface area (Å²) in [5.74, 6) is -3.12. The molecule has 4 aromatic rings. The van der Waals surface area contributed by atoms with Crippen molar-refractivity contribution in [2.75, 3.05) is 13.2 Å². The van der Waals surface area contributed by atoms with Gasteiger partial charge in [-0.1, -0.05) is 25.0 Å². The second-order valence-electron chi connectivity index (χ2n) is 9.63. The monoisotopic (exact) mass is 519 g/mol. The number of ether oxygens (including phenoxy) is 1. The van der Waals surface area contributed by atoms with Crippen molar-refractivity contribution in [2.45, 2.75) is 38.1 Å². The minimum atomic E-state index is -1.11. The van der Waals surface area contributed by atoms with Gasteiger partial charge in [0.05, 0.1) is 12.2 Å². The molecule has 4 aromatic carbocycles. The lowest BCUT2D eigenvalue weighted by Crippen LogP contribution is -2.29. The highest BCUT2D eigenvalue weighted by Crippen LogP contribution is 2.36. The van der Waals surface area contributed by atoms with Crippen LogP contribution < -0.4 is 10.1 Å². The summed E-state index contributed by atoms with van der Waals surface area (Å²) in [6.07, 6.45) is 5.70. The SMILES string of the molecule is O=C(c1ccc(OCCC2CCCCCN2)cc1)c1c(-c2c(F)cc(F)cc2F)ccc2cc(O)ccc12. The second-order valence-corrected chi connectivity index (χ2v) is 9.63. The Balaban J connectivity index is 1.45. The zero-order valence-electron chi connectivity index (χ0n) is 20.8. The van der Waals surface area contributed by atoms with Crippen LogP contribution in [0.3, 0.4) is 0 Å². The van der Waals surface area contributed by atoms with Crippen LogP contribution in [0.25, 0.3) is 21.9 Å². The van der Waals surface area contributed by atoms with Gasteiger partial charge in [0.1, 0.15) is 29.0 Å². The predicted octanol–water partition coefficient (Wildman–Crippen LogP) is 7.16. The molecule has 1 aliphatic rings. The third-order valence-electron chi connectivity index (χ3n) is 7.02. The number of carbonyl (C=O) groups is 1. The van der Waals surface area contributed by atoms with Crippen LogP contribution in [-0.2, 0) is 0 Å². The maximum absolute atomic E-state index is 14.8. The molecule has 0 aliphatic carbocycles. The van der Waals surface area contributed by atoms with Gasteiger partial charge in [-0.15, -0.1) is 0 Å². The average Bonchev–Trinajstić information content (AvgIpc) is 3.17. The number of ketones is 1. The Morgan fingerprint density at radius 3 is 2.45 bits per heavy atom. The number of aromatic hydroxyl groups is 1. The molecule has 1 heterocycles. The van der Waals surface area contributed by atoms with E-state index in [0.29, 0.717) is 46.9 Å². The van der Waals surface area contributed by atoms with Gasteiger partial charge in [0.15, 0.2) is 5.78 Å². The van der Waals surface area contributed by atoms with Gasteiger partial charge in [-0.25, -0.2) is 13.2 Å². The number of phenols is 1. The molecule has 0 aromatic heterocycles. The number of nitrogens with one attached hydrogen (secondary N) is 1. The molecule has 5 rings (SSSR count). The van der Waals surface area contributed by atoms with Crippen LogP contribution in [0.5, 0.6) is 11.5 Å². The fraction of sp³-hybridized carbons (Fsp3) is 0.258. The van der Waals surface area contributed by atoms with Crippen molar-refractivity contribution in [1.82, 2.24) is 5.32 Å². The van der Waals surface area contributed by atoms with Crippen LogP contribution in [0.2, 0.25) is 0 Å². The lowest BCUT2D eigenvalue weighted by molar-refractivity contribution is 0.104. The first kappa shape index (κ1) is 25.8. The third kappa shape index (κ3) is 5.53. The number of halogens is 3. The molecule has 0 amide bonds. The molecule has 1 aliphatic heterocycles. The number of carbonyl (C=O) groups excluding carboxylic acids is 1. The highest BCUT2D eigenvalue weighted by molar-refractivity contribution is 6.20. The smallest absolute Gasteiger partial charge is 0.194 e. The van der Waals surface area contributed by atoms with Crippen LogP contribution in [0.1, 0.15) is 48.0 Å². The quantitative estimate of drug-likeness (QED) is 0.254. The molecular formula is C31H28F3NO3. The molecule has 1 fully saturated rings. The molecular weight excluding hydrogens is 491 g/mol. The highest BCUT2D eigenvalue weighted by Gasteiger charge is 2.23. The molecule has 2 N–H and O–H groups in total. The van der Waals surface area contributed by atoms with Gasteiger partial charge in [0.2, 0.25) is 0 Å². The fourth-order valence-corrected chi connectivity index (χ4v) is 5.08. The summed E-state index contributed by atoms with van der Waals surface area (Å²) < 4.78 is 49.1. The van der Waals surface area contributed by atoms with Gasteiger partial charge in [0.25, 0.3) is 0 Å². The van der Waals surface area contributed by atoms with Crippen LogP contribution >= 0.6 is 0 Å². The minimum Gasteiger partial charge on any atom is -0.508 e. The maximum atomic E-state index is 14.8. The van der Waals surface area contributed by atoms with Gasteiger partial charge in [0, 0.05) is 29.3 Å². The largest absolute Gasteiger partial charge is 0.508 e. The van der Waals surface area contributed by atoms with Gasteiger partial charge in [-0.05, 0) is 84.6 Å². The Kier molecular flexibility index (Phi) is 7.65. The number of fused-ring (bicyclic) bond motifs is 1. The summed E-state index contributed by atoms with van der Waals surface area (Å²) in [5, 5.41) is 14.4. The van der Waals surface area contributed by atoms with Crippen molar-refractivity contribution in [3.05, 3.63) is 95.3 Å². The predicted molar refractivity (Wildman–Crippen MR) is 141 cm³/mol. The van der Waals surface area contributed by atoms with Crippen molar-refractivity contribution in [1.29, 1.82) is 0 Å². The van der Waals surface area contributed by atoms with Crippen molar-refractivity contribution < 1.29 is 27.8 Å². The van der Waals surface area contributed by atoms with Gasteiger partial charge in [-0.2, -0.15) is 0 Å². The molecule has 0 spiro atoms. The number of rotatable bonds is 7. The van der Waals surface area contributed by atoms with E-state index in [1.165, 1.54) is 43.5 Å². The summed E-state index contributed by atoms with van der Waals surface area (Å²) in [4.78, 5) is 13.8. The average molecular weight is 520 g/mol. The van der Waals surface area contributed by atoms with Crippen molar-refractivity contribution in [3.63, 3.8) is 0 Å². The summed E-state index contributed by atoms with van der Waals surface area (Å²) >= 11 is 0. The van der Waals surface area contributed by atoms with Gasteiger partial charge < -0.3 is 15.2 Å². The Morgan fingerprint density at radius 2 is 1.68 bits per heavy atom. The van der Waals surface area contributed by atoms with Crippen molar-refractivity contribution >= 4 is 16.6 Å². The van der Waals surface area contributed by atoms with E-state index in [9.17, 15) is 23.1 Å². The first-order valence-electron chi connectivity index (χ1n) is 12.8. The van der Waals surface area contributed by atoms with E-state index in [1.54, 1.807) is 30.3 Å². The zero-order valence-corrected chi connectivity index (χ0v) is 20.8. The van der Waals surface area contributed by atoms with E-state index in [0.717, 1.165) is 19.4 Å². The summed E-state index contributed by atoms with van der Waals surface area (Å²) in [6, 6.07) is 15.6. The normalized spacial score (nSPS) is 15.8. The van der Waals surface area contributed by atoms with Crippen molar-refractivity contribution in [3.8, 4) is 22.6 Å². The van der Waals surface area contributed by atoms with E-state index in [2.05, 4.69) is 5.32 Å². The topological polar surface area (TPSA) is 58.6 Å². The molecule has 0 bridgehead atoms. The van der Waals surface area contributed by atoms with Crippen LogP contribution in [-0.4, -0.2) is 30.1 Å². The van der Waals surface area contributed by atoms with E-state index >= 15 is 0 Å². The molecule has 38 heavy (non-hydrogen) atoms. The molecule has 0 radical (unpaired) electrons. The number of benzene rings is 4.